The molecule has 42 heavy (non-hydrogen) atoms. The molecule has 0 saturated carbocycles. The molecule has 5 rings (SSSR count). The Kier molecular flexibility index (Phi) is 8.30. The highest BCUT2D eigenvalue weighted by Crippen LogP contribution is 2.35. The summed E-state index contributed by atoms with van der Waals surface area (Å²) in [6, 6.07) is 18.8. The number of oxazole rings is 1. The first kappa shape index (κ1) is 28.5. The third-order valence-electron chi connectivity index (χ3n) is 7.47. The van der Waals surface area contributed by atoms with Crippen molar-refractivity contribution in [1.82, 2.24) is 20.0 Å². The lowest BCUT2D eigenvalue weighted by Gasteiger charge is -2.38. The summed E-state index contributed by atoms with van der Waals surface area (Å²) in [7, 11) is 0. The number of benzene rings is 2. The van der Waals surface area contributed by atoms with Crippen LogP contribution in [0.2, 0.25) is 0 Å². The van der Waals surface area contributed by atoms with Crippen LogP contribution in [0.4, 0.5) is 0 Å². The zero-order chi connectivity index (χ0) is 29.8. The first-order valence-electron chi connectivity index (χ1n) is 13.8. The number of hydrogen-bond acceptors (Lipinski definition) is 9. The Morgan fingerprint density at radius 1 is 1.12 bits per heavy atom. The number of carbonyl (C=O) groups excluding carboxylic acids is 1. The fourth-order valence-corrected chi connectivity index (χ4v) is 5.44. The van der Waals surface area contributed by atoms with E-state index < -0.39 is 0 Å². The second kappa shape index (κ2) is 12.2. The number of allylic oxidation sites excluding steroid dienone is 2. The van der Waals surface area contributed by atoms with E-state index in [0.717, 1.165) is 24.0 Å². The van der Waals surface area contributed by atoms with Crippen LogP contribution >= 0.6 is 0 Å². The summed E-state index contributed by atoms with van der Waals surface area (Å²) in [5.41, 5.74) is 17.0. The molecule has 0 spiro atoms. The van der Waals surface area contributed by atoms with E-state index in [4.69, 9.17) is 27.1 Å². The van der Waals surface area contributed by atoms with Crippen molar-refractivity contribution in [2.45, 2.75) is 32.7 Å². The maximum atomic E-state index is 13.5. The van der Waals surface area contributed by atoms with Crippen LogP contribution in [0, 0.1) is 11.3 Å². The first-order chi connectivity index (χ1) is 20.2. The minimum Gasteiger partial charge on any atom is -0.436 e. The molecule has 216 valence electrons. The summed E-state index contributed by atoms with van der Waals surface area (Å²) in [5.74, 6) is 7.15. The normalized spacial score (nSPS) is 15.8. The molecular weight excluding hydrogens is 530 g/mol. The predicted molar refractivity (Wildman–Crippen MR) is 164 cm³/mol. The van der Waals surface area contributed by atoms with Crippen molar-refractivity contribution in [2.75, 3.05) is 13.1 Å². The number of rotatable bonds is 8. The van der Waals surface area contributed by atoms with Crippen LogP contribution in [0.25, 0.3) is 28.1 Å². The molecule has 3 heterocycles. The molecule has 1 fully saturated rings. The molecule has 1 atom stereocenters. The van der Waals surface area contributed by atoms with E-state index in [1.165, 1.54) is 11.3 Å². The van der Waals surface area contributed by atoms with E-state index in [0.29, 0.717) is 58.4 Å². The first-order valence-corrected chi connectivity index (χ1v) is 13.8. The van der Waals surface area contributed by atoms with Gasteiger partial charge in [-0.05, 0) is 68.0 Å². The van der Waals surface area contributed by atoms with Gasteiger partial charge in [0.1, 0.15) is 17.0 Å². The van der Waals surface area contributed by atoms with Crippen LogP contribution in [0.15, 0.2) is 82.1 Å². The van der Waals surface area contributed by atoms with Crippen molar-refractivity contribution in [3.8, 4) is 11.5 Å². The van der Waals surface area contributed by atoms with Gasteiger partial charge in [-0.25, -0.2) is 15.9 Å². The number of piperidine rings is 1. The summed E-state index contributed by atoms with van der Waals surface area (Å²) in [5, 5.41) is 13.4. The van der Waals surface area contributed by atoms with Gasteiger partial charge >= 0.3 is 0 Å². The number of aromatic nitrogens is 2. The summed E-state index contributed by atoms with van der Waals surface area (Å²) < 4.78 is 5.99. The second-order valence-electron chi connectivity index (χ2n) is 10.5. The fourth-order valence-electron chi connectivity index (χ4n) is 5.44. The maximum absolute atomic E-state index is 13.5. The molecule has 2 aromatic heterocycles. The summed E-state index contributed by atoms with van der Waals surface area (Å²) in [6.45, 7) is 4.58. The lowest BCUT2D eigenvalue weighted by atomic mass is 9.85. The van der Waals surface area contributed by atoms with E-state index in [1.807, 2.05) is 47.4 Å². The Hall–Kier alpha value is -5.03. The zero-order valence-electron chi connectivity index (χ0n) is 23.7. The standard InChI is InChI=1S/C31H35N9O2/c1-19(33)25(18-32)23-8-9-28-26(16-23)37-30(42-28)24-10-13-36-27(17-24)31(41)39-14-11-22(12-15-39)29(40(35)38-20(2)34)21-6-4-3-5-7-21/h3-10,13,16-18,22,29,32H,11-12,14-15,33,35H2,1-2H3,(H2,34,38). The highest BCUT2D eigenvalue weighted by molar-refractivity contribution is 6.10. The Morgan fingerprint density at radius 3 is 2.52 bits per heavy atom. The van der Waals surface area contributed by atoms with Crippen LogP contribution < -0.4 is 17.3 Å². The van der Waals surface area contributed by atoms with E-state index >= 15 is 0 Å². The molecule has 0 radical (unpaired) electrons. The van der Waals surface area contributed by atoms with Gasteiger partial charge in [-0.2, -0.15) is 0 Å². The Bertz CT molecular complexity index is 1650. The highest BCUT2D eigenvalue weighted by atomic mass is 16.3. The maximum Gasteiger partial charge on any atom is 0.272 e. The van der Waals surface area contributed by atoms with Gasteiger partial charge in [0.05, 0.1) is 6.04 Å². The molecule has 0 bridgehead atoms. The van der Waals surface area contributed by atoms with Gasteiger partial charge in [0, 0.05) is 42.3 Å². The minimum atomic E-state index is -0.164. The topological polar surface area (TPSA) is 177 Å². The fraction of sp³-hybridized carbons (Fsp3) is 0.258. The molecule has 2 aromatic carbocycles. The number of hydrogen-bond donors (Lipinski definition) is 4. The van der Waals surface area contributed by atoms with Crippen molar-refractivity contribution < 1.29 is 9.21 Å². The van der Waals surface area contributed by atoms with Crippen LogP contribution in [-0.2, 0) is 0 Å². The lowest BCUT2D eigenvalue weighted by Crippen LogP contribution is -2.44. The van der Waals surface area contributed by atoms with Crippen molar-refractivity contribution in [1.29, 1.82) is 5.41 Å². The van der Waals surface area contributed by atoms with Gasteiger partial charge in [0.25, 0.3) is 5.91 Å². The average Bonchev–Trinajstić information content (AvgIpc) is 3.42. The summed E-state index contributed by atoms with van der Waals surface area (Å²) in [6.07, 6.45) is 4.32. The number of nitrogens with two attached hydrogens (primary N) is 3. The van der Waals surface area contributed by atoms with Gasteiger partial charge in [-0.3, -0.25) is 9.78 Å². The molecule has 1 saturated heterocycles. The van der Waals surface area contributed by atoms with Crippen molar-refractivity contribution in [3.05, 3.63) is 89.4 Å². The Labute approximate surface area is 244 Å². The van der Waals surface area contributed by atoms with Gasteiger partial charge < -0.3 is 26.2 Å². The number of amides is 1. The van der Waals surface area contributed by atoms with E-state index in [2.05, 4.69) is 15.1 Å². The smallest absolute Gasteiger partial charge is 0.272 e. The van der Waals surface area contributed by atoms with Gasteiger partial charge in [-0.15, -0.1) is 5.10 Å². The molecule has 11 heteroatoms. The predicted octanol–water partition coefficient (Wildman–Crippen LogP) is 4.29. The molecule has 0 aliphatic carbocycles. The molecule has 1 amide bonds. The van der Waals surface area contributed by atoms with Gasteiger partial charge in [0.2, 0.25) is 5.89 Å². The molecular formula is C31H35N9O2. The number of hydrazone groups is 1. The lowest BCUT2D eigenvalue weighted by molar-refractivity contribution is 0.0575. The van der Waals surface area contributed by atoms with E-state index in [1.54, 1.807) is 38.2 Å². The van der Waals surface area contributed by atoms with Crippen LogP contribution in [0.5, 0.6) is 0 Å². The third-order valence-corrected chi connectivity index (χ3v) is 7.47. The number of pyridine rings is 1. The van der Waals surface area contributed by atoms with Gasteiger partial charge in [-0.1, -0.05) is 36.4 Å². The Balaban J connectivity index is 1.32. The number of fused-ring (bicyclic) bond motifs is 1. The Morgan fingerprint density at radius 2 is 1.86 bits per heavy atom. The number of amidine groups is 1. The van der Waals surface area contributed by atoms with Gasteiger partial charge in [0.15, 0.2) is 5.58 Å². The molecule has 4 aromatic rings. The molecule has 7 N–H and O–H groups in total. The quantitative estimate of drug-likeness (QED) is 0.106. The minimum absolute atomic E-state index is 0.149. The van der Waals surface area contributed by atoms with Crippen LogP contribution in [-0.4, -0.2) is 51.0 Å². The second-order valence-corrected chi connectivity index (χ2v) is 10.5. The zero-order valence-corrected chi connectivity index (χ0v) is 23.7. The van der Waals surface area contributed by atoms with Crippen molar-refractivity contribution in [2.24, 2.45) is 28.3 Å². The molecule has 1 aliphatic rings. The molecule has 11 nitrogen and oxygen atoms in total. The monoisotopic (exact) mass is 565 g/mol. The third kappa shape index (κ3) is 6.01. The number of hydrazine groups is 1. The van der Waals surface area contributed by atoms with E-state index in [-0.39, 0.29) is 17.9 Å². The van der Waals surface area contributed by atoms with Crippen molar-refractivity contribution >= 4 is 34.6 Å². The largest absolute Gasteiger partial charge is 0.436 e. The number of carbonyl (C=O) groups is 1. The van der Waals surface area contributed by atoms with Crippen LogP contribution in [0.3, 0.4) is 0 Å². The highest BCUT2D eigenvalue weighted by Gasteiger charge is 2.33. The van der Waals surface area contributed by atoms with E-state index in [9.17, 15) is 4.79 Å². The number of likely N-dealkylation sites (tertiary alicyclic amines) is 1. The summed E-state index contributed by atoms with van der Waals surface area (Å²) in [4.78, 5) is 24.3. The average molecular weight is 566 g/mol. The molecule has 1 aliphatic heterocycles. The number of nitrogens with one attached hydrogen (secondary N) is 1. The van der Waals surface area contributed by atoms with Crippen LogP contribution in [0.1, 0.15) is 54.3 Å². The molecule has 1 unspecified atom stereocenters. The van der Waals surface area contributed by atoms with Crippen molar-refractivity contribution in [3.63, 3.8) is 0 Å². The SMILES string of the molecule is CC(N)=C(C=N)c1ccc2oc(-c3ccnc(C(=O)N4CCC(C(c5ccccc5)N(N)/N=C(/C)N)CC4)c3)nc2c1. The summed E-state index contributed by atoms with van der Waals surface area (Å²) >= 11 is 0. The number of nitrogens with zero attached hydrogens (tertiary/aromatic N) is 5.